The summed E-state index contributed by atoms with van der Waals surface area (Å²) < 4.78 is 1.99. The van der Waals surface area contributed by atoms with Crippen LogP contribution in [0.5, 0.6) is 0 Å². The highest BCUT2D eigenvalue weighted by Gasteiger charge is 2.14. The molecule has 0 atom stereocenters. The van der Waals surface area contributed by atoms with Crippen molar-refractivity contribution in [2.24, 2.45) is 0 Å². The van der Waals surface area contributed by atoms with E-state index >= 15 is 0 Å². The van der Waals surface area contributed by atoms with E-state index in [0.717, 1.165) is 28.2 Å². The minimum absolute atomic E-state index is 0.322. The maximum Gasteiger partial charge on any atom is 0.140 e. The molecule has 2 aromatic heterocycles. The first-order chi connectivity index (χ1) is 9.70. The van der Waals surface area contributed by atoms with Crippen LogP contribution < -0.4 is 0 Å². The molecule has 1 aromatic carbocycles. The molecule has 4 heteroatoms. The number of halogens is 1. The molecule has 0 spiro atoms. The molecule has 0 unspecified atom stereocenters. The molecule has 0 radical (unpaired) electrons. The first-order valence-corrected chi connectivity index (χ1v) is 6.68. The molecule has 0 aliphatic rings. The van der Waals surface area contributed by atoms with Gasteiger partial charge in [0.25, 0.3) is 0 Å². The first-order valence-electron chi connectivity index (χ1n) is 6.30. The maximum atomic E-state index is 9.07. The lowest BCUT2D eigenvalue weighted by atomic mass is 10.1. The van der Waals surface area contributed by atoms with E-state index in [-0.39, 0.29) is 0 Å². The number of aromatic nitrogens is 2. The van der Waals surface area contributed by atoms with E-state index in [1.54, 1.807) is 0 Å². The zero-order chi connectivity index (χ0) is 14.1. The van der Waals surface area contributed by atoms with Crippen LogP contribution in [0.25, 0.3) is 16.9 Å². The highest BCUT2D eigenvalue weighted by Crippen LogP contribution is 2.27. The Morgan fingerprint density at radius 3 is 2.70 bits per heavy atom. The molecule has 0 bridgehead atoms. The second-order valence-electron chi connectivity index (χ2n) is 4.63. The van der Waals surface area contributed by atoms with Crippen molar-refractivity contribution in [3.8, 4) is 17.3 Å². The first kappa shape index (κ1) is 12.7. The molecule has 20 heavy (non-hydrogen) atoms. The summed E-state index contributed by atoms with van der Waals surface area (Å²) in [7, 11) is 0. The lowest BCUT2D eigenvalue weighted by Gasteiger charge is -2.02. The fraction of sp³-hybridized carbons (Fsp3) is 0.125. The van der Waals surface area contributed by atoms with Gasteiger partial charge in [0.15, 0.2) is 0 Å². The number of hydrogen-bond donors (Lipinski definition) is 0. The summed E-state index contributed by atoms with van der Waals surface area (Å²) in [5.41, 5.74) is 4.71. The normalized spacial score (nSPS) is 10.7. The van der Waals surface area contributed by atoms with E-state index in [4.69, 9.17) is 21.8 Å². The summed E-state index contributed by atoms with van der Waals surface area (Å²) in [6.45, 7) is 2.02. The topological polar surface area (TPSA) is 41.1 Å². The number of nitrogens with zero attached hydrogens (tertiary/aromatic N) is 3. The molecule has 0 fully saturated rings. The highest BCUT2D eigenvalue weighted by atomic mass is 35.5. The van der Waals surface area contributed by atoms with Crippen LogP contribution >= 0.6 is 11.6 Å². The van der Waals surface area contributed by atoms with Crippen molar-refractivity contribution >= 4 is 17.2 Å². The number of imidazole rings is 1. The minimum Gasteiger partial charge on any atom is -0.302 e. The van der Waals surface area contributed by atoms with Gasteiger partial charge in [0.05, 0.1) is 23.9 Å². The Morgan fingerprint density at radius 2 is 2.00 bits per heavy atom. The molecule has 0 saturated carbocycles. The van der Waals surface area contributed by atoms with Gasteiger partial charge in [-0.15, -0.1) is 0 Å². The standard InChI is InChI=1S/C16H12ClN3/c1-11-3-2-10-20-14(8-9-18)15(19-16(11)20)12-4-6-13(17)7-5-12/h2-7,10H,8H2,1H3. The average Bonchev–Trinajstić information content (AvgIpc) is 2.81. The third kappa shape index (κ3) is 2.04. The summed E-state index contributed by atoms with van der Waals surface area (Å²) in [6, 6.07) is 13.7. The fourth-order valence-corrected chi connectivity index (χ4v) is 2.46. The molecular formula is C16H12ClN3. The molecule has 98 valence electrons. The molecule has 0 aliphatic carbocycles. The van der Waals surface area contributed by atoms with Gasteiger partial charge in [-0.05, 0) is 30.7 Å². The monoisotopic (exact) mass is 281 g/mol. The third-order valence-electron chi connectivity index (χ3n) is 3.31. The molecule has 0 N–H and O–H groups in total. The van der Waals surface area contributed by atoms with E-state index in [1.165, 1.54) is 0 Å². The fourth-order valence-electron chi connectivity index (χ4n) is 2.34. The van der Waals surface area contributed by atoms with Gasteiger partial charge in [0.1, 0.15) is 5.65 Å². The van der Waals surface area contributed by atoms with Crippen LogP contribution in [0.4, 0.5) is 0 Å². The Labute approximate surface area is 122 Å². The van der Waals surface area contributed by atoms with Crippen LogP contribution in [0.3, 0.4) is 0 Å². The average molecular weight is 282 g/mol. The van der Waals surface area contributed by atoms with Crippen LogP contribution in [0.2, 0.25) is 5.02 Å². The number of fused-ring (bicyclic) bond motifs is 1. The van der Waals surface area contributed by atoms with Crippen molar-refractivity contribution in [3.05, 3.63) is 58.9 Å². The van der Waals surface area contributed by atoms with Crippen molar-refractivity contribution in [3.63, 3.8) is 0 Å². The largest absolute Gasteiger partial charge is 0.302 e. The van der Waals surface area contributed by atoms with E-state index in [9.17, 15) is 0 Å². The number of rotatable bonds is 2. The maximum absolute atomic E-state index is 9.07. The molecule has 0 amide bonds. The van der Waals surface area contributed by atoms with Crippen molar-refractivity contribution in [1.82, 2.24) is 9.38 Å². The lowest BCUT2D eigenvalue weighted by Crippen LogP contribution is -1.93. The smallest absolute Gasteiger partial charge is 0.140 e. The Kier molecular flexibility index (Phi) is 3.17. The highest BCUT2D eigenvalue weighted by molar-refractivity contribution is 6.30. The van der Waals surface area contributed by atoms with E-state index in [1.807, 2.05) is 53.9 Å². The summed E-state index contributed by atoms with van der Waals surface area (Å²) in [5.74, 6) is 0. The molecule has 0 saturated heterocycles. The van der Waals surface area contributed by atoms with E-state index in [2.05, 4.69) is 6.07 Å². The second kappa shape index (κ2) is 4.99. The third-order valence-corrected chi connectivity index (χ3v) is 3.56. The Bertz CT molecular complexity index is 810. The van der Waals surface area contributed by atoms with Gasteiger partial charge in [-0.2, -0.15) is 5.26 Å². The number of hydrogen-bond acceptors (Lipinski definition) is 2. The van der Waals surface area contributed by atoms with Gasteiger partial charge in [-0.1, -0.05) is 29.8 Å². The molecular weight excluding hydrogens is 270 g/mol. The summed E-state index contributed by atoms with van der Waals surface area (Å²) >= 11 is 5.93. The van der Waals surface area contributed by atoms with Gasteiger partial charge in [-0.25, -0.2) is 4.98 Å². The summed E-state index contributed by atoms with van der Waals surface area (Å²) in [4.78, 5) is 4.70. The zero-order valence-electron chi connectivity index (χ0n) is 11.0. The Hall–Kier alpha value is -2.31. The van der Waals surface area contributed by atoms with Crippen molar-refractivity contribution in [2.45, 2.75) is 13.3 Å². The number of benzene rings is 1. The molecule has 2 heterocycles. The van der Waals surface area contributed by atoms with Gasteiger partial charge in [-0.3, -0.25) is 0 Å². The number of aryl methyl sites for hydroxylation is 1. The second-order valence-corrected chi connectivity index (χ2v) is 5.07. The predicted octanol–water partition coefficient (Wildman–Crippen LogP) is 4.03. The van der Waals surface area contributed by atoms with Gasteiger partial charge in [0, 0.05) is 16.8 Å². The van der Waals surface area contributed by atoms with E-state index < -0.39 is 0 Å². The van der Waals surface area contributed by atoms with Crippen LogP contribution in [-0.2, 0) is 6.42 Å². The van der Waals surface area contributed by atoms with Crippen LogP contribution in [0.15, 0.2) is 42.6 Å². The Balaban J connectivity index is 2.29. The van der Waals surface area contributed by atoms with Gasteiger partial charge >= 0.3 is 0 Å². The van der Waals surface area contributed by atoms with Crippen molar-refractivity contribution in [1.29, 1.82) is 5.26 Å². The zero-order valence-corrected chi connectivity index (χ0v) is 11.7. The van der Waals surface area contributed by atoms with E-state index in [0.29, 0.717) is 11.4 Å². The quantitative estimate of drug-likeness (QED) is 0.711. The van der Waals surface area contributed by atoms with Crippen molar-refractivity contribution in [2.75, 3.05) is 0 Å². The van der Waals surface area contributed by atoms with Crippen molar-refractivity contribution < 1.29 is 0 Å². The summed E-state index contributed by atoms with van der Waals surface area (Å²) in [5, 5.41) is 9.76. The van der Waals surface area contributed by atoms with Crippen LogP contribution in [0, 0.1) is 18.3 Å². The molecule has 3 aromatic rings. The summed E-state index contributed by atoms with van der Waals surface area (Å²) in [6.07, 6.45) is 2.27. The van der Waals surface area contributed by atoms with Gasteiger partial charge < -0.3 is 4.40 Å². The lowest BCUT2D eigenvalue weighted by molar-refractivity contribution is 1.05. The molecule has 3 nitrogen and oxygen atoms in total. The minimum atomic E-state index is 0.322. The number of pyridine rings is 1. The van der Waals surface area contributed by atoms with Crippen LogP contribution in [-0.4, -0.2) is 9.38 Å². The number of nitriles is 1. The van der Waals surface area contributed by atoms with Crippen LogP contribution in [0.1, 0.15) is 11.3 Å². The SMILES string of the molecule is Cc1cccn2c(CC#N)c(-c3ccc(Cl)cc3)nc12. The van der Waals surface area contributed by atoms with Gasteiger partial charge in [0.2, 0.25) is 0 Å². The molecule has 0 aliphatic heterocycles. The molecule has 3 rings (SSSR count). The Morgan fingerprint density at radius 1 is 1.25 bits per heavy atom. The predicted molar refractivity (Wildman–Crippen MR) is 79.7 cm³/mol.